The van der Waals surface area contributed by atoms with E-state index in [1.807, 2.05) is 27.7 Å². The molecule has 3 aromatic rings. The van der Waals surface area contributed by atoms with Gasteiger partial charge in [-0.25, -0.2) is 0 Å². The summed E-state index contributed by atoms with van der Waals surface area (Å²) < 4.78 is 0. The van der Waals surface area contributed by atoms with Gasteiger partial charge in [0.2, 0.25) is 0 Å². The van der Waals surface area contributed by atoms with E-state index in [9.17, 15) is 0 Å². The molecule has 0 amide bonds. The lowest BCUT2D eigenvalue weighted by Gasteiger charge is -2.39. The van der Waals surface area contributed by atoms with Crippen molar-refractivity contribution in [1.82, 2.24) is 0 Å². The van der Waals surface area contributed by atoms with Crippen LogP contribution in [0.4, 0.5) is 5.69 Å². The molecular weight excluding hydrogens is 354 g/mol. The highest BCUT2D eigenvalue weighted by Crippen LogP contribution is 2.35. The number of anilines is 1. The average molecular weight is 392 g/mol. The van der Waals surface area contributed by atoms with Crippen LogP contribution in [0.1, 0.15) is 50.4 Å². The first-order valence-electron chi connectivity index (χ1n) is 10.8. The molecule has 0 bridgehead atoms. The van der Waals surface area contributed by atoms with Crippen molar-refractivity contribution in [2.24, 2.45) is 0 Å². The van der Waals surface area contributed by atoms with Crippen LogP contribution in [-0.2, 0) is 12.8 Å². The molecule has 4 rings (SSSR count). The molecule has 29 heavy (non-hydrogen) atoms. The van der Waals surface area contributed by atoms with Gasteiger partial charge in [0, 0.05) is 19.3 Å². The number of para-hydroxylation sites is 1. The second kappa shape index (κ2) is 14.4. The van der Waals surface area contributed by atoms with Gasteiger partial charge < -0.3 is 10.0 Å². The second-order valence-electron chi connectivity index (χ2n) is 6.18. The molecule has 1 aliphatic heterocycles. The molecule has 0 aromatic heterocycles. The highest BCUT2D eigenvalue weighted by Gasteiger charge is 2.27. The van der Waals surface area contributed by atoms with Gasteiger partial charge in [-0.1, -0.05) is 100 Å². The summed E-state index contributed by atoms with van der Waals surface area (Å²) in [6, 6.07) is 31.0. The van der Waals surface area contributed by atoms with E-state index < -0.39 is 0 Å². The molecule has 2 nitrogen and oxygen atoms in total. The summed E-state index contributed by atoms with van der Waals surface area (Å²) in [5.74, 6) is 0. The maximum absolute atomic E-state index is 7.00. The Morgan fingerprint density at radius 2 is 1.24 bits per heavy atom. The molecule has 0 spiro atoms. The van der Waals surface area contributed by atoms with Crippen LogP contribution < -0.4 is 4.90 Å². The minimum absolute atomic E-state index is 0.407. The molecule has 1 atom stereocenters. The molecule has 0 saturated carbocycles. The minimum atomic E-state index is 0.407. The van der Waals surface area contributed by atoms with Crippen LogP contribution in [0.3, 0.4) is 0 Å². The lowest BCUT2D eigenvalue weighted by molar-refractivity contribution is 0.399. The third-order valence-electron chi connectivity index (χ3n) is 4.77. The van der Waals surface area contributed by atoms with E-state index in [2.05, 4.69) is 89.8 Å². The van der Waals surface area contributed by atoms with Crippen LogP contribution in [0, 0.1) is 0 Å². The van der Waals surface area contributed by atoms with E-state index in [1.54, 1.807) is 0 Å². The zero-order chi connectivity index (χ0) is 21.5. The first kappa shape index (κ1) is 24.5. The van der Waals surface area contributed by atoms with Gasteiger partial charge in [0.25, 0.3) is 0 Å². The van der Waals surface area contributed by atoms with E-state index in [1.165, 1.54) is 22.4 Å². The minimum Gasteiger partial charge on any atom is -0.400 e. The summed E-state index contributed by atoms with van der Waals surface area (Å²) in [6.45, 7) is 9.08. The highest BCUT2D eigenvalue weighted by atomic mass is 16.2. The lowest BCUT2D eigenvalue weighted by Crippen LogP contribution is -2.36. The molecule has 1 heterocycles. The van der Waals surface area contributed by atoms with Gasteiger partial charge in [-0.3, -0.25) is 0 Å². The molecule has 1 aliphatic rings. The number of benzene rings is 3. The van der Waals surface area contributed by atoms with E-state index >= 15 is 0 Å². The average Bonchev–Trinajstić information content (AvgIpc) is 2.84. The van der Waals surface area contributed by atoms with Gasteiger partial charge in [-0.05, 0) is 41.7 Å². The highest BCUT2D eigenvalue weighted by molar-refractivity contribution is 5.52. The Labute approximate surface area is 177 Å². The number of hydrogen-bond acceptors (Lipinski definition) is 2. The van der Waals surface area contributed by atoms with Gasteiger partial charge in [0.05, 0.1) is 6.04 Å². The zero-order valence-electron chi connectivity index (χ0n) is 18.7. The van der Waals surface area contributed by atoms with Gasteiger partial charge in [-0.15, -0.1) is 0 Å². The van der Waals surface area contributed by atoms with Gasteiger partial charge in [0.1, 0.15) is 0 Å². The smallest absolute Gasteiger partial charge is 0.0585 e. The molecule has 0 fully saturated rings. The summed E-state index contributed by atoms with van der Waals surface area (Å²) in [5, 5.41) is 7.00. The number of hydrogen-bond donors (Lipinski definition) is 1. The topological polar surface area (TPSA) is 23.5 Å². The van der Waals surface area contributed by atoms with Gasteiger partial charge in [0.15, 0.2) is 0 Å². The Morgan fingerprint density at radius 3 is 1.86 bits per heavy atom. The summed E-state index contributed by atoms with van der Waals surface area (Å²) in [5.41, 5.74) is 5.70. The summed E-state index contributed by atoms with van der Waals surface area (Å²) in [6.07, 6.45) is 2.17. The third kappa shape index (κ3) is 6.76. The first-order chi connectivity index (χ1) is 14.4. The molecule has 2 heteroatoms. The maximum Gasteiger partial charge on any atom is 0.0585 e. The van der Waals surface area contributed by atoms with Crippen molar-refractivity contribution in [1.29, 1.82) is 0 Å². The molecule has 0 saturated heterocycles. The second-order valence-corrected chi connectivity index (χ2v) is 6.18. The summed E-state index contributed by atoms with van der Waals surface area (Å²) in [4.78, 5) is 2.56. The number of nitrogens with zero attached hydrogens (tertiary/aromatic N) is 1. The summed E-state index contributed by atoms with van der Waals surface area (Å²) >= 11 is 0. The maximum atomic E-state index is 7.00. The van der Waals surface area contributed by atoms with Crippen LogP contribution in [0.15, 0.2) is 84.9 Å². The fourth-order valence-corrected chi connectivity index (χ4v) is 3.64. The summed E-state index contributed by atoms with van der Waals surface area (Å²) in [7, 11) is 1.00. The van der Waals surface area contributed by atoms with Gasteiger partial charge in [-0.2, -0.15) is 0 Å². The SMILES string of the molecule is CC.CC.CO.c1ccc(CC2c3ccccc3CCN2c2ccccc2)cc1. The molecule has 156 valence electrons. The Morgan fingerprint density at radius 1 is 0.724 bits per heavy atom. The third-order valence-corrected chi connectivity index (χ3v) is 4.77. The van der Waals surface area contributed by atoms with E-state index in [-0.39, 0.29) is 0 Å². The van der Waals surface area contributed by atoms with E-state index in [0.29, 0.717) is 6.04 Å². The predicted molar refractivity (Wildman–Crippen MR) is 128 cm³/mol. The van der Waals surface area contributed by atoms with Crippen LogP contribution in [0.5, 0.6) is 0 Å². The molecule has 0 aliphatic carbocycles. The first-order valence-corrected chi connectivity index (χ1v) is 10.8. The standard InChI is InChI=1S/C22H21N.2C2H6.CH4O/c1-3-9-18(10-4-1)17-22-21-14-8-7-11-19(21)15-16-23(22)20-12-5-2-6-13-20;3*1-2/h1-14,22H,15-17H2;2*1-2H3;2H,1H3. The molecule has 1 N–H and O–H groups in total. The number of aliphatic hydroxyl groups is 1. The molecule has 1 unspecified atom stereocenters. The van der Waals surface area contributed by atoms with Crippen LogP contribution in [0.2, 0.25) is 0 Å². The van der Waals surface area contributed by atoms with Crippen molar-refractivity contribution in [3.8, 4) is 0 Å². The quantitative estimate of drug-likeness (QED) is 0.537. The lowest BCUT2D eigenvalue weighted by atomic mass is 9.88. The molecule has 3 aromatic carbocycles. The Bertz CT molecular complexity index is 771. The van der Waals surface area contributed by atoms with Crippen LogP contribution in [-0.4, -0.2) is 18.8 Å². The number of aliphatic hydroxyl groups excluding tert-OH is 1. The fraction of sp³-hybridized carbons (Fsp3) is 0.333. The normalized spacial score (nSPS) is 14.0. The van der Waals surface area contributed by atoms with E-state index in [4.69, 9.17) is 5.11 Å². The van der Waals surface area contributed by atoms with Crippen molar-refractivity contribution < 1.29 is 5.11 Å². The van der Waals surface area contributed by atoms with E-state index in [0.717, 1.165) is 26.5 Å². The monoisotopic (exact) mass is 391 g/mol. The largest absolute Gasteiger partial charge is 0.400 e. The number of rotatable bonds is 3. The zero-order valence-corrected chi connectivity index (χ0v) is 18.7. The number of fused-ring (bicyclic) bond motifs is 1. The van der Waals surface area contributed by atoms with Crippen molar-refractivity contribution in [3.63, 3.8) is 0 Å². The van der Waals surface area contributed by atoms with Crippen molar-refractivity contribution >= 4 is 5.69 Å². The van der Waals surface area contributed by atoms with Crippen molar-refractivity contribution in [2.45, 2.75) is 46.6 Å². The molecule has 0 radical (unpaired) electrons. The Hall–Kier alpha value is -2.58. The van der Waals surface area contributed by atoms with Crippen molar-refractivity contribution in [2.75, 3.05) is 18.6 Å². The fourth-order valence-electron chi connectivity index (χ4n) is 3.64. The van der Waals surface area contributed by atoms with Crippen molar-refractivity contribution in [3.05, 3.63) is 102 Å². The molecular formula is C27H37NO. The van der Waals surface area contributed by atoms with Crippen LogP contribution >= 0.6 is 0 Å². The van der Waals surface area contributed by atoms with Crippen LogP contribution in [0.25, 0.3) is 0 Å². The Balaban J connectivity index is 0.000000644. The predicted octanol–water partition coefficient (Wildman–Crippen LogP) is 6.69. The Kier molecular flexibility index (Phi) is 12.2. The van der Waals surface area contributed by atoms with Gasteiger partial charge >= 0.3 is 0 Å².